The Morgan fingerprint density at radius 1 is 0.667 bits per heavy atom. The zero-order valence-corrected chi connectivity index (χ0v) is 12.1. The van der Waals surface area contributed by atoms with Crippen LogP contribution in [0.2, 0.25) is 0 Å². The molecule has 0 aliphatic heterocycles. The van der Waals surface area contributed by atoms with Crippen LogP contribution in [0.1, 0.15) is 0 Å². The Morgan fingerprint density at radius 3 is 2.05 bits per heavy atom. The van der Waals surface area contributed by atoms with Crippen LogP contribution in [-0.2, 0) is 0 Å². The van der Waals surface area contributed by atoms with Crippen molar-refractivity contribution >= 4 is 11.8 Å². The Kier molecular flexibility index (Phi) is 4.12. The van der Waals surface area contributed by atoms with Gasteiger partial charge in [-0.3, -0.25) is 0 Å². The predicted molar refractivity (Wildman–Crippen MR) is 85.2 cm³/mol. The van der Waals surface area contributed by atoms with Gasteiger partial charge in [-0.15, -0.1) is 0 Å². The van der Waals surface area contributed by atoms with Crippen molar-refractivity contribution in [2.24, 2.45) is 0 Å². The Labute approximate surface area is 128 Å². The number of benzene rings is 3. The third-order valence-electron chi connectivity index (χ3n) is 2.91. The van der Waals surface area contributed by atoms with Crippen molar-refractivity contribution in [3.63, 3.8) is 0 Å². The van der Waals surface area contributed by atoms with Gasteiger partial charge in [0.05, 0.1) is 9.79 Å². The molecule has 0 saturated heterocycles. The molecule has 0 fully saturated rings. The van der Waals surface area contributed by atoms with Crippen LogP contribution in [0, 0.1) is 0 Å². The molecule has 21 heavy (non-hydrogen) atoms. The fourth-order valence-electron chi connectivity index (χ4n) is 1.90. The monoisotopic (exact) mass is 294 g/mol. The van der Waals surface area contributed by atoms with Crippen molar-refractivity contribution in [1.82, 2.24) is 0 Å². The average Bonchev–Trinajstić information content (AvgIpc) is 2.52. The van der Waals surface area contributed by atoms with Crippen molar-refractivity contribution in [3.8, 4) is 17.2 Å². The zero-order valence-electron chi connectivity index (χ0n) is 11.3. The second kappa shape index (κ2) is 6.37. The van der Waals surface area contributed by atoms with Gasteiger partial charge in [-0.1, -0.05) is 54.2 Å². The number of phenols is 1. The third kappa shape index (κ3) is 3.38. The van der Waals surface area contributed by atoms with Crippen LogP contribution in [0.25, 0.3) is 0 Å². The molecule has 0 spiro atoms. The molecule has 2 nitrogen and oxygen atoms in total. The predicted octanol–water partition coefficient (Wildman–Crippen LogP) is 5.34. The summed E-state index contributed by atoms with van der Waals surface area (Å²) in [6.45, 7) is 0. The molecule has 0 unspecified atom stereocenters. The number of ether oxygens (including phenoxy) is 1. The van der Waals surface area contributed by atoms with E-state index in [2.05, 4.69) is 0 Å². The highest BCUT2D eigenvalue weighted by Crippen LogP contribution is 2.40. The third-order valence-corrected chi connectivity index (χ3v) is 4.03. The normalized spacial score (nSPS) is 10.3. The summed E-state index contributed by atoms with van der Waals surface area (Å²) in [6.07, 6.45) is 0. The van der Waals surface area contributed by atoms with Crippen LogP contribution in [-0.4, -0.2) is 5.11 Å². The van der Waals surface area contributed by atoms with Crippen LogP contribution in [0.4, 0.5) is 0 Å². The van der Waals surface area contributed by atoms with Gasteiger partial charge in [0.25, 0.3) is 0 Å². The fourth-order valence-corrected chi connectivity index (χ4v) is 2.81. The second-order valence-corrected chi connectivity index (χ2v) is 5.52. The lowest BCUT2D eigenvalue weighted by molar-refractivity contribution is 0.462. The SMILES string of the molecule is Oc1ccccc1Sc1ccccc1Oc1ccccc1. The molecule has 3 heteroatoms. The zero-order chi connectivity index (χ0) is 14.5. The van der Waals surface area contributed by atoms with E-state index in [1.165, 1.54) is 11.8 Å². The number of rotatable bonds is 4. The first kappa shape index (κ1) is 13.6. The summed E-state index contributed by atoms with van der Waals surface area (Å²) < 4.78 is 5.92. The first-order chi connectivity index (χ1) is 10.3. The molecule has 0 bridgehead atoms. The number of aromatic hydroxyl groups is 1. The Hall–Kier alpha value is -2.39. The van der Waals surface area contributed by atoms with Gasteiger partial charge in [0.1, 0.15) is 17.2 Å². The molecule has 0 atom stereocenters. The summed E-state index contributed by atoms with van der Waals surface area (Å²) in [6, 6.07) is 24.8. The molecule has 0 heterocycles. The maximum Gasteiger partial charge on any atom is 0.141 e. The topological polar surface area (TPSA) is 29.5 Å². The Morgan fingerprint density at radius 2 is 1.29 bits per heavy atom. The van der Waals surface area contributed by atoms with E-state index in [0.717, 1.165) is 21.3 Å². The lowest BCUT2D eigenvalue weighted by Gasteiger charge is -2.11. The van der Waals surface area contributed by atoms with E-state index in [0.29, 0.717) is 0 Å². The first-order valence-electron chi connectivity index (χ1n) is 6.61. The summed E-state index contributed by atoms with van der Waals surface area (Å²) in [5.41, 5.74) is 0. The molecule has 1 N–H and O–H groups in total. The lowest BCUT2D eigenvalue weighted by atomic mass is 10.3. The summed E-state index contributed by atoms with van der Waals surface area (Å²) in [5, 5.41) is 9.89. The van der Waals surface area contributed by atoms with Crippen molar-refractivity contribution in [2.75, 3.05) is 0 Å². The van der Waals surface area contributed by atoms with E-state index in [4.69, 9.17) is 4.74 Å². The number of hydrogen-bond acceptors (Lipinski definition) is 3. The summed E-state index contributed by atoms with van der Waals surface area (Å²) >= 11 is 1.49. The van der Waals surface area contributed by atoms with E-state index >= 15 is 0 Å². The Balaban J connectivity index is 1.88. The summed E-state index contributed by atoms with van der Waals surface area (Å²) in [5.74, 6) is 1.84. The minimum Gasteiger partial charge on any atom is -0.507 e. The maximum absolute atomic E-state index is 9.89. The van der Waals surface area contributed by atoms with E-state index in [9.17, 15) is 5.11 Å². The van der Waals surface area contributed by atoms with Gasteiger partial charge >= 0.3 is 0 Å². The molecule has 0 radical (unpaired) electrons. The van der Waals surface area contributed by atoms with Gasteiger partial charge in [-0.2, -0.15) is 0 Å². The van der Waals surface area contributed by atoms with Gasteiger partial charge in [0, 0.05) is 0 Å². The van der Waals surface area contributed by atoms with Crippen LogP contribution in [0.5, 0.6) is 17.2 Å². The van der Waals surface area contributed by atoms with E-state index in [-0.39, 0.29) is 5.75 Å². The van der Waals surface area contributed by atoms with Crippen molar-refractivity contribution in [3.05, 3.63) is 78.9 Å². The summed E-state index contributed by atoms with van der Waals surface area (Å²) in [7, 11) is 0. The molecule has 3 aromatic carbocycles. The summed E-state index contributed by atoms with van der Waals surface area (Å²) in [4.78, 5) is 1.77. The van der Waals surface area contributed by atoms with Gasteiger partial charge < -0.3 is 9.84 Å². The Bertz CT molecular complexity index is 726. The van der Waals surface area contributed by atoms with Gasteiger partial charge in [0.15, 0.2) is 0 Å². The first-order valence-corrected chi connectivity index (χ1v) is 7.42. The number of para-hydroxylation sites is 3. The molecule has 3 aromatic rings. The van der Waals surface area contributed by atoms with Crippen LogP contribution >= 0.6 is 11.8 Å². The number of hydrogen-bond donors (Lipinski definition) is 1. The molecule has 3 rings (SSSR count). The molecule has 0 amide bonds. The average molecular weight is 294 g/mol. The lowest BCUT2D eigenvalue weighted by Crippen LogP contribution is -1.86. The van der Waals surface area contributed by atoms with E-state index < -0.39 is 0 Å². The molecular weight excluding hydrogens is 280 g/mol. The quantitative estimate of drug-likeness (QED) is 0.704. The maximum atomic E-state index is 9.89. The second-order valence-electron chi connectivity index (χ2n) is 4.43. The van der Waals surface area contributed by atoms with Crippen LogP contribution in [0.3, 0.4) is 0 Å². The molecule has 0 aliphatic rings. The van der Waals surface area contributed by atoms with E-state index in [1.807, 2.05) is 72.8 Å². The standard InChI is InChI=1S/C18H14O2S/c19-15-10-4-6-12-17(15)21-18-13-7-5-11-16(18)20-14-8-2-1-3-9-14/h1-13,19H. The molecule has 0 saturated carbocycles. The van der Waals surface area contributed by atoms with Gasteiger partial charge in [0.2, 0.25) is 0 Å². The smallest absolute Gasteiger partial charge is 0.141 e. The minimum absolute atomic E-state index is 0.275. The highest BCUT2D eigenvalue weighted by atomic mass is 32.2. The van der Waals surface area contributed by atoms with Crippen molar-refractivity contribution in [2.45, 2.75) is 9.79 Å². The number of phenolic OH excluding ortho intramolecular Hbond substituents is 1. The highest BCUT2D eigenvalue weighted by Gasteiger charge is 2.08. The largest absolute Gasteiger partial charge is 0.507 e. The van der Waals surface area contributed by atoms with Gasteiger partial charge in [-0.05, 0) is 36.4 Å². The van der Waals surface area contributed by atoms with Crippen molar-refractivity contribution in [1.29, 1.82) is 0 Å². The molecule has 0 aromatic heterocycles. The molecule has 0 aliphatic carbocycles. The molecule has 104 valence electrons. The van der Waals surface area contributed by atoms with Crippen LogP contribution < -0.4 is 4.74 Å². The fraction of sp³-hybridized carbons (Fsp3) is 0. The minimum atomic E-state index is 0.275. The molecular formula is C18H14O2S. The highest BCUT2D eigenvalue weighted by molar-refractivity contribution is 7.99. The van der Waals surface area contributed by atoms with Gasteiger partial charge in [-0.25, -0.2) is 0 Å². The van der Waals surface area contributed by atoms with Crippen molar-refractivity contribution < 1.29 is 9.84 Å². The van der Waals surface area contributed by atoms with Crippen LogP contribution in [0.15, 0.2) is 88.7 Å². The van der Waals surface area contributed by atoms with E-state index in [1.54, 1.807) is 6.07 Å².